The van der Waals surface area contributed by atoms with E-state index in [9.17, 15) is 23.4 Å². The number of anilines is 2. The van der Waals surface area contributed by atoms with E-state index in [0.717, 1.165) is 11.1 Å². The van der Waals surface area contributed by atoms with Gasteiger partial charge in [-0.25, -0.2) is 28.2 Å². The number of sulfone groups is 1. The number of nitrogens with zero attached hydrogens (tertiary/aromatic N) is 5. The van der Waals surface area contributed by atoms with E-state index in [0.29, 0.717) is 11.0 Å². The molecule has 3 heterocycles. The molecule has 0 bridgehead atoms. The summed E-state index contributed by atoms with van der Waals surface area (Å²) in [4.78, 5) is 27.0. The SMILES string of the molecule is CN(C)c1cccc2c(S(=O)(=O)CCOC(=O)Nc3ncnc4c3ncn4[C@H]3C[C@H](O)[C@@H](CO)O3)cccc12. The summed E-state index contributed by atoms with van der Waals surface area (Å²) in [5, 5.41) is 23.2. The van der Waals surface area contributed by atoms with E-state index in [-0.39, 0.29) is 35.9 Å². The highest BCUT2D eigenvalue weighted by Gasteiger charge is 2.35. The molecule has 0 unspecified atom stereocenters. The summed E-state index contributed by atoms with van der Waals surface area (Å²) in [6.07, 6.45) is -0.184. The van der Waals surface area contributed by atoms with Gasteiger partial charge < -0.3 is 24.6 Å². The first-order valence-corrected chi connectivity index (χ1v) is 13.8. The number of benzene rings is 2. The zero-order chi connectivity index (χ0) is 27.7. The molecule has 39 heavy (non-hydrogen) atoms. The van der Waals surface area contributed by atoms with Crippen molar-refractivity contribution in [2.75, 3.05) is 43.3 Å². The number of hydrogen-bond acceptors (Lipinski definition) is 11. The third-order valence-corrected chi connectivity index (χ3v) is 8.26. The third kappa shape index (κ3) is 5.23. The fraction of sp³-hybridized carbons (Fsp3) is 0.360. The minimum atomic E-state index is -3.77. The number of carbonyl (C=O) groups is 1. The molecule has 0 saturated carbocycles. The molecule has 2 aromatic carbocycles. The van der Waals surface area contributed by atoms with Crippen molar-refractivity contribution in [2.24, 2.45) is 0 Å². The van der Waals surface area contributed by atoms with Gasteiger partial charge >= 0.3 is 6.09 Å². The molecular formula is C25H28N6O7S. The summed E-state index contributed by atoms with van der Waals surface area (Å²) < 4.78 is 38.7. The molecule has 206 valence electrons. The molecule has 13 nitrogen and oxygen atoms in total. The van der Waals surface area contributed by atoms with Gasteiger partial charge in [-0.3, -0.25) is 9.88 Å². The van der Waals surface area contributed by atoms with Gasteiger partial charge in [0.1, 0.15) is 25.3 Å². The molecule has 4 aromatic rings. The van der Waals surface area contributed by atoms with Crippen molar-refractivity contribution in [3.63, 3.8) is 0 Å². The number of imidazole rings is 1. The largest absolute Gasteiger partial charge is 0.448 e. The van der Waals surface area contributed by atoms with E-state index in [2.05, 4.69) is 20.3 Å². The number of aliphatic hydroxyl groups excluding tert-OH is 2. The van der Waals surface area contributed by atoms with E-state index in [1.165, 1.54) is 12.7 Å². The van der Waals surface area contributed by atoms with E-state index in [1.54, 1.807) is 28.8 Å². The van der Waals surface area contributed by atoms with Crippen LogP contribution in [-0.2, 0) is 19.3 Å². The summed E-state index contributed by atoms with van der Waals surface area (Å²) in [7, 11) is 0.00639. The summed E-state index contributed by atoms with van der Waals surface area (Å²) in [5.41, 5.74) is 1.48. The zero-order valence-electron chi connectivity index (χ0n) is 21.3. The van der Waals surface area contributed by atoms with Crippen molar-refractivity contribution in [3.05, 3.63) is 49.1 Å². The van der Waals surface area contributed by atoms with Gasteiger partial charge in [-0.05, 0) is 12.1 Å². The maximum Gasteiger partial charge on any atom is 0.412 e. The molecule has 1 fully saturated rings. The van der Waals surface area contributed by atoms with Crippen molar-refractivity contribution < 1.29 is 32.9 Å². The molecule has 3 atom stereocenters. The molecule has 14 heteroatoms. The van der Waals surface area contributed by atoms with Crippen LogP contribution in [0.15, 0.2) is 53.9 Å². The Labute approximate surface area is 223 Å². The van der Waals surface area contributed by atoms with E-state index in [4.69, 9.17) is 9.47 Å². The second-order valence-electron chi connectivity index (χ2n) is 9.26. The summed E-state index contributed by atoms with van der Waals surface area (Å²) in [5.74, 6) is -0.346. The molecule has 5 rings (SSSR count). The third-order valence-electron chi connectivity index (χ3n) is 6.53. The first-order chi connectivity index (χ1) is 18.7. The van der Waals surface area contributed by atoms with Gasteiger partial charge in [-0.2, -0.15) is 0 Å². The highest BCUT2D eigenvalue weighted by atomic mass is 32.2. The molecule has 1 saturated heterocycles. The maximum atomic E-state index is 13.1. The fourth-order valence-electron chi connectivity index (χ4n) is 4.62. The van der Waals surface area contributed by atoms with E-state index in [1.807, 2.05) is 31.1 Å². The highest BCUT2D eigenvalue weighted by Crippen LogP contribution is 2.32. The predicted molar refractivity (Wildman–Crippen MR) is 142 cm³/mol. The highest BCUT2D eigenvalue weighted by molar-refractivity contribution is 7.91. The van der Waals surface area contributed by atoms with Crippen LogP contribution in [0.25, 0.3) is 21.9 Å². The fourth-order valence-corrected chi connectivity index (χ4v) is 5.94. The van der Waals surface area contributed by atoms with Gasteiger partial charge in [-0.15, -0.1) is 0 Å². The minimum absolute atomic E-state index is 0.0640. The smallest absolute Gasteiger partial charge is 0.412 e. The van der Waals surface area contributed by atoms with Crippen molar-refractivity contribution >= 4 is 49.4 Å². The summed E-state index contributed by atoms with van der Waals surface area (Å²) in [6, 6.07) is 10.6. The van der Waals surface area contributed by atoms with Crippen LogP contribution in [-0.4, -0.2) is 89.5 Å². The van der Waals surface area contributed by atoms with Crippen LogP contribution in [0, 0.1) is 0 Å². The van der Waals surface area contributed by atoms with Gasteiger partial charge in [0.15, 0.2) is 26.8 Å². The van der Waals surface area contributed by atoms with Crippen molar-refractivity contribution in [1.29, 1.82) is 0 Å². The molecule has 0 radical (unpaired) electrons. The van der Waals surface area contributed by atoms with Crippen molar-refractivity contribution in [2.45, 2.75) is 29.8 Å². The van der Waals surface area contributed by atoms with Gasteiger partial charge in [0.05, 0.1) is 29.7 Å². The molecular weight excluding hydrogens is 528 g/mol. The quantitative estimate of drug-likeness (QED) is 0.289. The van der Waals surface area contributed by atoms with Gasteiger partial charge in [0.2, 0.25) is 0 Å². The van der Waals surface area contributed by atoms with Crippen LogP contribution >= 0.6 is 0 Å². The number of nitrogens with one attached hydrogen (secondary N) is 1. The minimum Gasteiger partial charge on any atom is -0.448 e. The van der Waals surface area contributed by atoms with Crippen LogP contribution in [0.2, 0.25) is 0 Å². The molecule has 1 aliphatic heterocycles. The molecule has 3 N–H and O–H groups in total. The summed E-state index contributed by atoms with van der Waals surface area (Å²) >= 11 is 0. The predicted octanol–water partition coefficient (Wildman–Crippen LogP) is 1.71. The maximum absolute atomic E-state index is 13.1. The Hall–Kier alpha value is -3.85. The Morgan fingerprint density at radius 1 is 1.18 bits per heavy atom. The Morgan fingerprint density at radius 2 is 1.95 bits per heavy atom. The first-order valence-electron chi connectivity index (χ1n) is 12.2. The van der Waals surface area contributed by atoms with E-state index >= 15 is 0 Å². The van der Waals surface area contributed by atoms with Gasteiger partial charge in [0, 0.05) is 37.0 Å². The van der Waals surface area contributed by atoms with Gasteiger partial charge in [0.25, 0.3) is 0 Å². The topological polar surface area (TPSA) is 169 Å². The van der Waals surface area contributed by atoms with Crippen molar-refractivity contribution in [1.82, 2.24) is 19.5 Å². The number of hydrogen-bond donors (Lipinski definition) is 3. The standard InChI is InChI=1S/C25H28N6O7S/c1-30(2)17-7-3-6-16-15(17)5-4-8-20(16)39(35,36)10-9-37-25(34)29-23-22-24(27-13-26-23)31(14-28-22)21-11-18(33)19(12-32)38-21/h3-8,13-14,18-19,21,32-33H,9-12H2,1-2H3,(H,26,27,29,34)/t18-,19+,21+/m0/s1. The van der Waals surface area contributed by atoms with Crippen LogP contribution in [0.1, 0.15) is 12.6 Å². The lowest BCUT2D eigenvalue weighted by Crippen LogP contribution is -2.24. The zero-order valence-corrected chi connectivity index (χ0v) is 22.1. The number of rotatable bonds is 8. The number of ether oxygens (including phenoxy) is 2. The van der Waals surface area contributed by atoms with Crippen LogP contribution in [0.5, 0.6) is 0 Å². The van der Waals surface area contributed by atoms with E-state index < -0.39 is 40.1 Å². The number of amides is 1. The van der Waals surface area contributed by atoms with Gasteiger partial charge in [-0.1, -0.05) is 24.3 Å². The van der Waals surface area contributed by atoms with Crippen LogP contribution in [0.3, 0.4) is 0 Å². The second kappa shape index (κ2) is 10.7. The molecule has 2 aromatic heterocycles. The Bertz CT molecular complexity index is 1620. The lowest BCUT2D eigenvalue weighted by molar-refractivity contribution is -0.0432. The number of aliphatic hydroxyl groups is 2. The molecule has 0 aliphatic carbocycles. The monoisotopic (exact) mass is 556 g/mol. The van der Waals surface area contributed by atoms with Crippen molar-refractivity contribution in [3.8, 4) is 0 Å². The normalized spacial score (nSPS) is 19.4. The number of carbonyl (C=O) groups excluding carboxylic acids is 1. The van der Waals surface area contributed by atoms with Crippen LogP contribution in [0.4, 0.5) is 16.3 Å². The Balaban J connectivity index is 1.26. The Morgan fingerprint density at radius 3 is 2.69 bits per heavy atom. The second-order valence-corrected chi connectivity index (χ2v) is 11.3. The lowest BCUT2D eigenvalue weighted by atomic mass is 10.1. The van der Waals surface area contributed by atoms with Crippen LogP contribution < -0.4 is 10.2 Å². The molecule has 1 amide bonds. The average molecular weight is 557 g/mol. The molecule has 0 spiro atoms. The first kappa shape index (κ1) is 26.7. The Kier molecular flexibility index (Phi) is 7.36. The lowest BCUT2D eigenvalue weighted by Gasteiger charge is -2.17. The summed E-state index contributed by atoms with van der Waals surface area (Å²) in [6.45, 7) is -0.706. The number of aromatic nitrogens is 4. The molecule has 1 aliphatic rings. The average Bonchev–Trinajstić information content (AvgIpc) is 3.51. The number of fused-ring (bicyclic) bond motifs is 2.